The van der Waals surface area contributed by atoms with E-state index >= 15 is 0 Å². The van der Waals surface area contributed by atoms with Crippen LogP contribution in [0.4, 0.5) is 0 Å². The molecule has 0 fully saturated rings. The van der Waals surface area contributed by atoms with Gasteiger partial charge >= 0.3 is 0 Å². The molecule has 1 N–H and O–H groups in total. The zero-order valence-corrected chi connectivity index (χ0v) is 15.8. The molecular formula is C19H21N3O4S. The highest BCUT2D eigenvalue weighted by Crippen LogP contribution is 2.28. The van der Waals surface area contributed by atoms with E-state index in [4.69, 9.17) is 9.15 Å². The topological polar surface area (TPSA) is 94.3 Å². The Morgan fingerprint density at radius 2 is 1.74 bits per heavy atom. The van der Waals surface area contributed by atoms with E-state index in [2.05, 4.69) is 14.9 Å². The molecule has 142 valence electrons. The summed E-state index contributed by atoms with van der Waals surface area (Å²) >= 11 is 0. The standard InChI is InChI=1S/C19H21N3O4S/c1-25-17-10-6-5-9-16(17)19-22-21-18(26-19)11-13-20-27(23,24)14-12-15-7-3-2-4-8-15/h2-10,20H,11-14H2,1H3. The minimum atomic E-state index is -3.37. The molecule has 0 saturated heterocycles. The highest BCUT2D eigenvalue weighted by molar-refractivity contribution is 7.89. The van der Waals surface area contributed by atoms with Crippen molar-refractivity contribution in [2.75, 3.05) is 19.4 Å². The van der Waals surface area contributed by atoms with Crippen LogP contribution in [-0.2, 0) is 22.9 Å². The second-order valence-corrected chi connectivity index (χ2v) is 7.83. The van der Waals surface area contributed by atoms with Gasteiger partial charge in [0.25, 0.3) is 5.89 Å². The lowest BCUT2D eigenvalue weighted by Crippen LogP contribution is -2.29. The molecule has 27 heavy (non-hydrogen) atoms. The molecule has 1 aromatic heterocycles. The Kier molecular flexibility index (Phi) is 6.20. The molecule has 7 nitrogen and oxygen atoms in total. The number of hydrogen-bond donors (Lipinski definition) is 1. The summed E-state index contributed by atoms with van der Waals surface area (Å²) < 4.78 is 37.7. The number of hydrogen-bond acceptors (Lipinski definition) is 6. The molecule has 0 aliphatic carbocycles. The fourth-order valence-corrected chi connectivity index (χ4v) is 3.63. The van der Waals surface area contributed by atoms with Gasteiger partial charge in [-0.1, -0.05) is 42.5 Å². The summed E-state index contributed by atoms with van der Waals surface area (Å²) in [6, 6.07) is 16.8. The molecule has 0 amide bonds. The SMILES string of the molecule is COc1ccccc1-c1nnc(CCNS(=O)(=O)CCc2ccccc2)o1. The highest BCUT2D eigenvalue weighted by atomic mass is 32.2. The predicted octanol–water partition coefficient (Wildman–Crippen LogP) is 2.45. The van der Waals surface area contributed by atoms with Gasteiger partial charge in [0.15, 0.2) is 0 Å². The Hall–Kier alpha value is -2.71. The molecule has 0 spiro atoms. The normalized spacial score (nSPS) is 11.4. The maximum Gasteiger partial charge on any atom is 0.251 e. The summed E-state index contributed by atoms with van der Waals surface area (Å²) in [4.78, 5) is 0. The molecule has 0 aliphatic heterocycles. The number of methoxy groups -OCH3 is 1. The van der Waals surface area contributed by atoms with Crippen LogP contribution in [0.15, 0.2) is 59.0 Å². The average Bonchev–Trinajstić information content (AvgIpc) is 3.16. The van der Waals surface area contributed by atoms with Gasteiger partial charge in [0.1, 0.15) is 5.75 Å². The predicted molar refractivity (Wildman–Crippen MR) is 102 cm³/mol. The molecule has 0 saturated carbocycles. The monoisotopic (exact) mass is 387 g/mol. The number of ether oxygens (including phenoxy) is 1. The highest BCUT2D eigenvalue weighted by Gasteiger charge is 2.14. The maximum atomic E-state index is 12.1. The van der Waals surface area contributed by atoms with Crippen LogP contribution in [-0.4, -0.2) is 38.0 Å². The van der Waals surface area contributed by atoms with E-state index in [1.807, 2.05) is 48.5 Å². The van der Waals surface area contributed by atoms with Gasteiger partial charge in [-0.25, -0.2) is 13.1 Å². The van der Waals surface area contributed by atoms with E-state index in [0.29, 0.717) is 35.9 Å². The van der Waals surface area contributed by atoms with Crippen molar-refractivity contribution in [3.05, 3.63) is 66.1 Å². The van der Waals surface area contributed by atoms with Gasteiger partial charge in [0.05, 0.1) is 18.4 Å². The van der Waals surface area contributed by atoms with Crippen molar-refractivity contribution in [2.45, 2.75) is 12.8 Å². The quantitative estimate of drug-likeness (QED) is 0.606. The minimum absolute atomic E-state index is 0.0350. The summed E-state index contributed by atoms with van der Waals surface area (Å²) in [7, 11) is -1.80. The molecule has 0 atom stereocenters. The van der Waals surface area contributed by atoms with Crippen LogP contribution in [0.2, 0.25) is 0 Å². The van der Waals surface area contributed by atoms with Crippen molar-refractivity contribution in [3.63, 3.8) is 0 Å². The van der Waals surface area contributed by atoms with E-state index in [1.54, 1.807) is 13.2 Å². The van der Waals surface area contributed by atoms with Crippen LogP contribution in [0.5, 0.6) is 5.75 Å². The summed E-state index contributed by atoms with van der Waals surface area (Å²) in [6.45, 7) is 0.199. The van der Waals surface area contributed by atoms with Crippen LogP contribution < -0.4 is 9.46 Å². The number of nitrogens with zero attached hydrogens (tertiary/aromatic N) is 2. The zero-order chi connectivity index (χ0) is 19.1. The fraction of sp³-hybridized carbons (Fsp3) is 0.263. The first-order valence-corrected chi connectivity index (χ1v) is 10.2. The first kappa shape index (κ1) is 19.1. The van der Waals surface area contributed by atoms with Gasteiger partial charge in [-0.05, 0) is 24.1 Å². The fourth-order valence-electron chi connectivity index (χ4n) is 2.57. The third-order valence-corrected chi connectivity index (χ3v) is 5.35. The number of rotatable bonds is 9. The van der Waals surface area contributed by atoms with Crippen molar-refractivity contribution in [1.29, 1.82) is 0 Å². The van der Waals surface area contributed by atoms with Crippen LogP contribution in [0.1, 0.15) is 11.5 Å². The van der Waals surface area contributed by atoms with Gasteiger partial charge < -0.3 is 9.15 Å². The molecule has 0 aliphatic rings. The molecule has 3 rings (SSSR count). The number of sulfonamides is 1. The molecule has 0 bridgehead atoms. The smallest absolute Gasteiger partial charge is 0.251 e. The Morgan fingerprint density at radius 1 is 1.00 bits per heavy atom. The Bertz CT molecular complexity index is 971. The van der Waals surface area contributed by atoms with Gasteiger partial charge in [0, 0.05) is 13.0 Å². The number of nitrogens with one attached hydrogen (secondary N) is 1. The van der Waals surface area contributed by atoms with Crippen LogP contribution in [0.3, 0.4) is 0 Å². The van der Waals surface area contributed by atoms with E-state index in [0.717, 1.165) is 5.56 Å². The third kappa shape index (κ3) is 5.38. The minimum Gasteiger partial charge on any atom is -0.496 e. The first-order chi connectivity index (χ1) is 13.1. The molecule has 3 aromatic rings. The second kappa shape index (κ2) is 8.79. The molecule has 8 heteroatoms. The maximum absolute atomic E-state index is 12.1. The van der Waals surface area contributed by atoms with Crippen LogP contribution >= 0.6 is 0 Å². The largest absolute Gasteiger partial charge is 0.496 e. The number of aromatic nitrogens is 2. The summed E-state index contributed by atoms with van der Waals surface area (Å²) in [5, 5.41) is 7.99. The van der Waals surface area contributed by atoms with Gasteiger partial charge in [0.2, 0.25) is 15.9 Å². The lowest BCUT2D eigenvalue weighted by molar-refractivity contribution is 0.413. The molecule has 0 unspecified atom stereocenters. The first-order valence-electron chi connectivity index (χ1n) is 8.54. The zero-order valence-electron chi connectivity index (χ0n) is 15.0. The van der Waals surface area contributed by atoms with Crippen molar-refractivity contribution in [1.82, 2.24) is 14.9 Å². The van der Waals surface area contributed by atoms with Gasteiger partial charge in [-0.2, -0.15) is 0 Å². The molecular weight excluding hydrogens is 366 g/mol. The number of aryl methyl sites for hydroxylation is 1. The van der Waals surface area contributed by atoms with E-state index < -0.39 is 10.0 Å². The molecule has 0 radical (unpaired) electrons. The second-order valence-electron chi connectivity index (χ2n) is 5.90. The van der Waals surface area contributed by atoms with Crippen LogP contribution in [0.25, 0.3) is 11.5 Å². The van der Waals surface area contributed by atoms with Crippen molar-refractivity contribution in [3.8, 4) is 17.2 Å². The Labute approximate surface area is 158 Å². The number of para-hydroxylation sites is 1. The Balaban J connectivity index is 1.52. The summed E-state index contributed by atoms with van der Waals surface area (Å²) in [6.07, 6.45) is 0.779. The molecule has 1 heterocycles. The summed E-state index contributed by atoms with van der Waals surface area (Å²) in [5.74, 6) is 1.37. The van der Waals surface area contributed by atoms with Crippen molar-refractivity contribution in [2.24, 2.45) is 0 Å². The van der Waals surface area contributed by atoms with Crippen molar-refractivity contribution < 1.29 is 17.6 Å². The number of benzene rings is 2. The van der Waals surface area contributed by atoms with E-state index in [-0.39, 0.29) is 12.3 Å². The van der Waals surface area contributed by atoms with Crippen LogP contribution in [0, 0.1) is 0 Å². The lowest BCUT2D eigenvalue weighted by atomic mass is 10.2. The Morgan fingerprint density at radius 3 is 2.52 bits per heavy atom. The summed E-state index contributed by atoms with van der Waals surface area (Å²) in [5.41, 5.74) is 1.68. The third-order valence-electron chi connectivity index (χ3n) is 3.97. The van der Waals surface area contributed by atoms with Gasteiger partial charge in [-0.3, -0.25) is 0 Å². The average molecular weight is 387 g/mol. The van der Waals surface area contributed by atoms with Gasteiger partial charge in [-0.15, -0.1) is 10.2 Å². The van der Waals surface area contributed by atoms with Crippen molar-refractivity contribution >= 4 is 10.0 Å². The lowest BCUT2D eigenvalue weighted by Gasteiger charge is -2.05. The van der Waals surface area contributed by atoms with E-state index in [1.165, 1.54) is 0 Å². The van der Waals surface area contributed by atoms with E-state index in [9.17, 15) is 8.42 Å². The molecule has 2 aromatic carbocycles.